The monoisotopic (exact) mass is 490 g/mol. The summed E-state index contributed by atoms with van der Waals surface area (Å²) in [5.41, 5.74) is 1.86. The lowest BCUT2D eigenvalue weighted by Gasteiger charge is -2.27. The summed E-state index contributed by atoms with van der Waals surface area (Å²) in [6, 6.07) is 8.20. The lowest BCUT2D eigenvalue weighted by molar-refractivity contribution is -0.141. The Bertz CT molecular complexity index is 1080. The molecule has 0 saturated heterocycles. The van der Waals surface area contributed by atoms with Crippen LogP contribution in [0.4, 0.5) is 18.0 Å². The fourth-order valence-electron chi connectivity index (χ4n) is 3.62. The summed E-state index contributed by atoms with van der Waals surface area (Å²) in [5, 5.41) is 8.50. The van der Waals surface area contributed by atoms with E-state index in [4.69, 9.17) is 0 Å². The maximum absolute atomic E-state index is 13.0. The molecule has 8 nitrogen and oxygen atoms in total. The lowest BCUT2D eigenvalue weighted by Crippen LogP contribution is -2.48. The molecule has 3 amide bonds. The molecular formula is C24H29F3N6O2. The van der Waals surface area contributed by atoms with Crippen LogP contribution in [0, 0.1) is 6.92 Å². The molecule has 1 aliphatic heterocycles. The van der Waals surface area contributed by atoms with E-state index in [0.717, 1.165) is 23.4 Å². The van der Waals surface area contributed by atoms with E-state index in [0.29, 0.717) is 11.3 Å². The zero-order valence-corrected chi connectivity index (χ0v) is 20.3. The number of aromatic nitrogens is 1. The molecule has 35 heavy (non-hydrogen) atoms. The van der Waals surface area contributed by atoms with Crippen LogP contribution in [0.3, 0.4) is 0 Å². The van der Waals surface area contributed by atoms with Crippen LogP contribution in [0.5, 0.6) is 0 Å². The number of alkyl halides is 3. The number of pyridine rings is 1. The average molecular weight is 491 g/mol. The van der Waals surface area contributed by atoms with Crippen molar-refractivity contribution in [2.75, 3.05) is 34.2 Å². The smallest absolute Gasteiger partial charge is 0.334 e. The number of hydrogen-bond donors (Lipinski definition) is 1. The highest BCUT2D eigenvalue weighted by atomic mass is 19.4. The quantitative estimate of drug-likeness (QED) is 0.674. The molecular weight excluding hydrogens is 461 g/mol. The molecule has 1 aromatic carbocycles. The number of amides is 3. The standard InChI is InChI=1S/C24H29F3N6O2/c1-15-6-8-17(9-7-15)22-19(32(5)21(34)14-31(3)4)13-33(30-22)23(35)29-16(2)18-10-11-20(28-12-18)24(25,26)27/h6-12,16,19H,13-14H2,1-5H3,(H,29,35)/t16-,19-/m1/s1. The van der Waals surface area contributed by atoms with Gasteiger partial charge in [-0.05, 0) is 45.1 Å². The SMILES string of the molecule is Cc1ccc(C2=NN(C(=O)N[C@H](C)c3ccc(C(F)(F)F)nc3)C[C@H]2N(C)C(=O)CN(C)C)cc1. The van der Waals surface area contributed by atoms with Crippen LogP contribution >= 0.6 is 0 Å². The van der Waals surface area contributed by atoms with Gasteiger partial charge < -0.3 is 15.1 Å². The second kappa shape index (κ2) is 10.4. The van der Waals surface area contributed by atoms with E-state index in [2.05, 4.69) is 15.4 Å². The fourth-order valence-corrected chi connectivity index (χ4v) is 3.62. The molecule has 11 heteroatoms. The number of nitrogens with zero attached hydrogens (tertiary/aromatic N) is 5. The van der Waals surface area contributed by atoms with Crippen molar-refractivity contribution in [1.29, 1.82) is 0 Å². The zero-order chi connectivity index (χ0) is 25.9. The number of hydrogen-bond acceptors (Lipinski definition) is 5. The Morgan fingerprint density at radius 2 is 1.80 bits per heavy atom. The van der Waals surface area contributed by atoms with E-state index in [1.807, 2.05) is 31.2 Å². The van der Waals surface area contributed by atoms with Gasteiger partial charge >= 0.3 is 12.2 Å². The third-order valence-corrected chi connectivity index (χ3v) is 5.70. The van der Waals surface area contributed by atoms with Gasteiger partial charge in [0.15, 0.2) is 0 Å². The Morgan fingerprint density at radius 1 is 1.14 bits per heavy atom. The minimum absolute atomic E-state index is 0.119. The van der Waals surface area contributed by atoms with Crippen molar-refractivity contribution in [2.45, 2.75) is 32.1 Å². The Labute approximate surface area is 202 Å². The van der Waals surface area contributed by atoms with E-state index < -0.39 is 30.0 Å². The van der Waals surface area contributed by atoms with Crippen molar-refractivity contribution >= 4 is 17.6 Å². The highest BCUT2D eigenvalue weighted by molar-refractivity contribution is 6.08. The van der Waals surface area contributed by atoms with Gasteiger partial charge in [-0.1, -0.05) is 35.9 Å². The second-order valence-corrected chi connectivity index (χ2v) is 8.84. The van der Waals surface area contributed by atoms with Crippen LogP contribution in [0.25, 0.3) is 0 Å². The van der Waals surface area contributed by atoms with Gasteiger partial charge in [0.25, 0.3) is 0 Å². The van der Waals surface area contributed by atoms with Crippen molar-refractivity contribution in [1.82, 2.24) is 25.1 Å². The van der Waals surface area contributed by atoms with Crippen molar-refractivity contribution in [2.24, 2.45) is 5.10 Å². The van der Waals surface area contributed by atoms with Gasteiger partial charge in [0.1, 0.15) is 5.69 Å². The number of carbonyl (C=O) groups excluding carboxylic acids is 2. The lowest BCUT2D eigenvalue weighted by atomic mass is 10.0. The van der Waals surface area contributed by atoms with Crippen LogP contribution < -0.4 is 5.32 Å². The molecule has 188 valence electrons. The highest BCUT2D eigenvalue weighted by Gasteiger charge is 2.36. The van der Waals surface area contributed by atoms with Gasteiger partial charge in [-0.3, -0.25) is 9.78 Å². The first-order valence-corrected chi connectivity index (χ1v) is 11.0. The summed E-state index contributed by atoms with van der Waals surface area (Å²) >= 11 is 0. The minimum Gasteiger partial charge on any atom is -0.334 e. The highest BCUT2D eigenvalue weighted by Crippen LogP contribution is 2.28. The number of carbonyl (C=O) groups is 2. The third kappa shape index (κ3) is 6.36. The normalized spacial score (nSPS) is 16.8. The summed E-state index contributed by atoms with van der Waals surface area (Å²) < 4.78 is 38.3. The van der Waals surface area contributed by atoms with Gasteiger partial charge in [0.2, 0.25) is 5.91 Å². The Hall–Kier alpha value is -3.47. The number of rotatable bonds is 6. The average Bonchev–Trinajstić information content (AvgIpc) is 3.23. The van der Waals surface area contributed by atoms with Gasteiger partial charge in [0, 0.05) is 13.2 Å². The fraction of sp³-hybridized carbons (Fsp3) is 0.417. The number of hydrazone groups is 1. The van der Waals surface area contributed by atoms with E-state index >= 15 is 0 Å². The van der Waals surface area contributed by atoms with Crippen molar-refractivity contribution in [3.05, 3.63) is 65.0 Å². The number of halogens is 3. The Kier molecular flexibility index (Phi) is 7.79. The topological polar surface area (TPSA) is 81.1 Å². The zero-order valence-electron chi connectivity index (χ0n) is 20.3. The summed E-state index contributed by atoms with van der Waals surface area (Å²) in [6.45, 7) is 3.95. The first-order chi connectivity index (χ1) is 16.4. The number of urea groups is 1. The van der Waals surface area contributed by atoms with Gasteiger partial charge in [0.05, 0.1) is 30.9 Å². The maximum atomic E-state index is 13.0. The number of nitrogens with one attached hydrogen (secondary N) is 1. The summed E-state index contributed by atoms with van der Waals surface area (Å²) in [6.07, 6.45) is -3.44. The van der Waals surface area contributed by atoms with Crippen LogP contribution in [0.2, 0.25) is 0 Å². The summed E-state index contributed by atoms with van der Waals surface area (Å²) in [4.78, 5) is 32.5. The molecule has 0 radical (unpaired) electrons. The van der Waals surface area contributed by atoms with Gasteiger partial charge in [-0.25, -0.2) is 9.80 Å². The molecule has 0 unspecified atom stereocenters. The molecule has 0 spiro atoms. The Balaban J connectivity index is 1.79. The van der Waals surface area contributed by atoms with Gasteiger partial charge in [-0.2, -0.15) is 18.3 Å². The molecule has 3 rings (SSSR count). The molecule has 2 atom stereocenters. The predicted molar refractivity (Wildman–Crippen MR) is 126 cm³/mol. The molecule has 2 heterocycles. The number of aryl methyl sites for hydroxylation is 1. The van der Waals surface area contributed by atoms with Crippen LogP contribution in [0.1, 0.15) is 35.3 Å². The third-order valence-electron chi connectivity index (χ3n) is 5.70. The summed E-state index contributed by atoms with van der Waals surface area (Å²) in [5.74, 6) is -0.119. The van der Waals surface area contributed by atoms with Crippen LogP contribution in [-0.2, 0) is 11.0 Å². The molecule has 1 aliphatic rings. The van der Waals surface area contributed by atoms with E-state index in [-0.39, 0.29) is 19.0 Å². The number of likely N-dealkylation sites (N-methyl/N-ethyl adjacent to an activating group) is 2. The largest absolute Gasteiger partial charge is 0.433 e. The molecule has 0 saturated carbocycles. The molecule has 0 aliphatic carbocycles. The Morgan fingerprint density at radius 3 is 2.34 bits per heavy atom. The van der Waals surface area contributed by atoms with E-state index in [1.165, 1.54) is 11.1 Å². The van der Waals surface area contributed by atoms with Crippen molar-refractivity contribution < 1.29 is 22.8 Å². The molecule has 1 N–H and O–H groups in total. The molecule has 2 aromatic rings. The van der Waals surface area contributed by atoms with Crippen molar-refractivity contribution in [3.8, 4) is 0 Å². The first-order valence-electron chi connectivity index (χ1n) is 11.0. The molecule has 0 bridgehead atoms. The van der Waals surface area contributed by atoms with Gasteiger partial charge in [-0.15, -0.1) is 0 Å². The predicted octanol–water partition coefficient (Wildman–Crippen LogP) is 3.29. The molecule has 0 fully saturated rings. The van der Waals surface area contributed by atoms with Crippen LogP contribution in [0.15, 0.2) is 47.7 Å². The van der Waals surface area contributed by atoms with E-state index in [1.54, 1.807) is 37.9 Å². The number of benzene rings is 1. The molecule has 1 aromatic heterocycles. The minimum atomic E-state index is -4.54. The van der Waals surface area contributed by atoms with Crippen LogP contribution in [-0.4, -0.2) is 77.7 Å². The second-order valence-electron chi connectivity index (χ2n) is 8.84. The van der Waals surface area contributed by atoms with E-state index in [9.17, 15) is 22.8 Å². The maximum Gasteiger partial charge on any atom is 0.433 e. The summed E-state index contributed by atoms with van der Waals surface area (Å²) in [7, 11) is 5.28. The first kappa shape index (κ1) is 26.1. The van der Waals surface area contributed by atoms with Crippen molar-refractivity contribution in [3.63, 3.8) is 0 Å².